The number of rotatable bonds is 8. The van der Waals surface area contributed by atoms with Crippen LogP contribution in [0, 0.1) is 0 Å². The molecule has 28 heavy (non-hydrogen) atoms. The molecule has 1 saturated carbocycles. The van der Waals surface area contributed by atoms with Crippen LogP contribution in [0.4, 0.5) is 5.69 Å². The van der Waals surface area contributed by atoms with Gasteiger partial charge in [-0.25, -0.2) is 4.68 Å². The van der Waals surface area contributed by atoms with E-state index in [0.717, 1.165) is 24.1 Å². The summed E-state index contributed by atoms with van der Waals surface area (Å²) in [6.45, 7) is 2.45. The Morgan fingerprint density at radius 3 is 2.54 bits per heavy atom. The molecule has 4 rings (SSSR count). The number of nitrogens with zero attached hydrogens (tertiary/aromatic N) is 5. The lowest BCUT2D eigenvalue weighted by molar-refractivity contribution is -0.120. The molecule has 1 unspecified atom stereocenters. The summed E-state index contributed by atoms with van der Waals surface area (Å²) < 4.78 is 1.83. The second-order valence-corrected chi connectivity index (χ2v) is 8.09. The van der Waals surface area contributed by atoms with Gasteiger partial charge in [0.1, 0.15) is 0 Å². The maximum atomic E-state index is 12.9. The summed E-state index contributed by atoms with van der Waals surface area (Å²) in [6.07, 6.45) is 2.19. The summed E-state index contributed by atoms with van der Waals surface area (Å²) in [7, 11) is 0. The van der Waals surface area contributed by atoms with Gasteiger partial charge in [-0.2, -0.15) is 0 Å². The fraction of sp³-hybridized carbons (Fsp3) is 0.300. The van der Waals surface area contributed by atoms with E-state index in [0.29, 0.717) is 17.7 Å². The number of nitrogens with one attached hydrogen (secondary N) is 1. The number of hydrogen-bond acceptors (Lipinski definition) is 6. The van der Waals surface area contributed by atoms with E-state index in [9.17, 15) is 4.79 Å². The molecule has 8 heteroatoms. The molecule has 2 aromatic carbocycles. The molecule has 144 valence electrons. The lowest BCUT2D eigenvalue weighted by Crippen LogP contribution is -2.45. The topological polar surface area (TPSA) is 75.9 Å². The standard InChI is InChI=1S/C20H22N6OS/c1-15(28-20-21-23-24-26(20)18-12-13-18)19(27)22-25(17-10-6-3-7-11-17)14-16-8-4-2-5-9-16/h2-11,15,18H,12-14H2,1H3,(H,22,27). The summed E-state index contributed by atoms with van der Waals surface area (Å²) in [5.41, 5.74) is 5.10. The van der Waals surface area contributed by atoms with Crippen LogP contribution in [0.1, 0.15) is 31.4 Å². The lowest BCUT2D eigenvalue weighted by Gasteiger charge is -2.27. The first kappa shape index (κ1) is 18.5. The predicted molar refractivity (Wildman–Crippen MR) is 109 cm³/mol. The van der Waals surface area contributed by atoms with E-state index in [1.165, 1.54) is 11.8 Å². The van der Waals surface area contributed by atoms with E-state index in [1.54, 1.807) is 0 Å². The minimum absolute atomic E-state index is 0.0878. The molecule has 0 radical (unpaired) electrons. The molecule has 1 aliphatic rings. The number of carbonyl (C=O) groups is 1. The van der Waals surface area contributed by atoms with Crippen LogP contribution in [0.15, 0.2) is 65.8 Å². The van der Waals surface area contributed by atoms with Crippen molar-refractivity contribution in [3.05, 3.63) is 66.2 Å². The van der Waals surface area contributed by atoms with Gasteiger partial charge in [0, 0.05) is 0 Å². The largest absolute Gasteiger partial charge is 0.281 e. The molecular formula is C20H22N6OS. The molecule has 0 saturated heterocycles. The zero-order valence-electron chi connectivity index (χ0n) is 15.6. The van der Waals surface area contributed by atoms with Crippen molar-refractivity contribution in [2.24, 2.45) is 0 Å². The van der Waals surface area contributed by atoms with E-state index in [2.05, 4.69) is 21.0 Å². The van der Waals surface area contributed by atoms with Gasteiger partial charge < -0.3 is 0 Å². The normalized spacial score (nSPS) is 14.5. The summed E-state index contributed by atoms with van der Waals surface area (Å²) in [6, 6.07) is 20.3. The number of hydrogen-bond donors (Lipinski definition) is 1. The maximum absolute atomic E-state index is 12.9. The Hall–Kier alpha value is -2.87. The van der Waals surface area contributed by atoms with E-state index in [4.69, 9.17) is 0 Å². The van der Waals surface area contributed by atoms with Crippen LogP contribution in [0.2, 0.25) is 0 Å². The molecule has 0 bridgehead atoms. The zero-order chi connectivity index (χ0) is 19.3. The van der Waals surface area contributed by atoms with Crippen molar-refractivity contribution in [2.45, 2.75) is 42.8 Å². The minimum atomic E-state index is -0.328. The average molecular weight is 395 g/mol. The van der Waals surface area contributed by atoms with Crippen molar-refractivity contribution >= 4 is 23.4 Å². The van der Waals surface area contributed by atoms with Crippen LogP contribution in [0.3, 0.4) is 0 Å². The maximum Gasteiger partial charge on any atom is 0.251 e. The molecule has 7 nitrogen and oxygen atoms in total. The Kier molecular flexibility index (Phi) is 5.57. The number of para-hydroxylation sites is 1. The summed E-state index contributed by atoms with van der Waals surface area (Å²) in [4.78, 5) is 12.9. The Morgan fingerprint density at radius 1 is 1.18 bits per heavy atom. The van der Waals surface area contributed by atoms with Crippen molar-refractivity contribution in [3.8, 4) is 0 Å². The number of amides is 1. The van der Waals surface area contributed by atoms with Crippen molar-refractivity contribution in [1.29, 1.82) is 0 Å². The molecule has 1 aromatic heterocycles. The third kappa shape index (κ3) is 4.51. The Morgan fingerprint density at radius 2 is 1.86 bits per heavy atom. The first-order valence-corrected chi connectivity index (χ1v) is 10.2. The molecular weight excluding hydrogens is 372 g/mol. The van der Waals surface area contributed by atoms with Gasteiger partial charge in [0.2, 0.25) is 5.16 Å². The molecule has 1 N–H and O–H groups in total. The monoisotopic (exact) mass is 394 g/mol. The molecule has 1 fully saturated rings. The first-order chi connectivity index (χ1) is 13.7. The predicted octanol–water partition coefficient (Wildman–Crippen LogP) is 3.23. The Labute approximate surface area is 168 Å². The van der Waals surface area contributed by atoms with Gasteiger partial charge in [0.05, 0.1) is 23.5 Å². The quantitative estimate of drug-likeness (QED) is 0.467. The third-order valence-corrected chi connectivity index (χ3v) is 5.55. The van der Waals surface area contributed by atoms with E-state index in [1.807, 2.05) is 77.3 Å². The number of tetrazole rings is 1. The van der Waals surface area contributed by atoms with Crippen LogP contribution in [-0.4, -0.2) is 31.4 Å². The fourth-order valence-corrected chi connectivity index (χ4v) is 3.67. The molecule has 1 amide bonds. The van der Waals surface area contributed by atoms with E-state index >= 15 is 0 Å². The number of carbonyl (C=O) groups excluding carboxylic acids is 1. The second kappa shape index (κ2) is 8.43. The molecule has 1 aliphatic carbocycles. The minimum Gasteiger partial charge on any atom is -0.281 e. The average Bonchev–Trinajstić information content (AvgIpc) is 3.47. The highest BCUT2D eigenvalue weighted by atomic mass is 32.2. The van der Waals surface area contributed by atoms with Gasteiger partial charge in [0.15, 0.2) is 0 Å². The lowest BCUT2D eigenvalue weighted by atomic mass is 10.2. The van der Waals surface area contributed by atoms with Crippen LogP contribution >= 0.6 is 11.8 Å². The molecule has 0 aliphatic heterocycles. The van der Waals surface area contributed by atoms with Crippen LogP contribution in [0.5, 0.6) is 0 Å². The van der Waals surface area contributed by atoms with Gasteiger partial charge >= 0.3 is 0 Å². The van der Waals surface area contributed by atoms with Crippen LogP contribution in [0.25, 0.3) is 0 Å². The second-order valence-electron chi connectivity index (χ2n) is 6.78. The van der Waals surface area contributed by atoms with Gasteiger partial charge in [-0.1, -0.05) is 60.3 Å². The van der Waals surface area contributed by atoms with E-state index in [-0.39, 0.29) is 11.2 Å². The van der Waals surface area contributed by atoms with Gasteiger partial charge in [-0.15, -0.1) is 5.10 Å². The van der Waals surface area contributed by atoms with Gasteiger partial charge in [-0.05, 0) is 47.9 Å². The highest BCUT2D eigenvalue weighted by Gasteiger charge is 2.29. The summed E-state index contributed by atoms with van der Waals surface area (Å²) in [5, 5.41) is 14.1. The number of thioether (sulfide) groups is 1. The Bertz CT molecular complexity index is 913. The van der Waals surface area contributed by atoms with Gasteiger partial charge in [-0.3, -0.25) is 15.2 Å². The number of benzene rings is 2. The molecule has 0 spiro atoms. The number of aromatic nitrogens is 4. The third-order valence-electron chi connectivity index (χ3n) is 4.50. The van der Waals surface area contributed by atoms with Gasteiger partial charge in [0.25, 0.3) is 5.91 Å². The summed E-state index contributed by atoms with van der Waals surface area (Å²) in [5.74, 6) is -0.0878. The highest BCUT2D eigenvalue weighted by molar-refractivity contribution is 8.00. The van der Waals surface area contributed by atoms with Crippen molar-refractivity contribution in [2.75, 3.05) is 5.01 Å². The fourth-order valence-electron chi connectivity index (χ4n) is 2.82. The van der Waals surface area contributed by atoms with Crippen LogP contribution < -0.4 is 10.4 Å². The van der Waals surface area contributed by atoms with Crippen molar-refractivity contribution in [3.63, 3.8) is 0 Å². The number of anilines is 1. The summed E-state index contributed by atoms with van der Waals surface area (Å²) >= 11 is 1.38. The van der Waals surface area contributed by atoms with Crippen molar-refractivity contribution in [1.82, 2.24) is 25.6 Å². The molecule has 1 atom stereocenters. The molecule has 3 aromatic rings. The Balaban J connectivity index is 1.46. The van der Waals surface area contributed by atoms with Crippen molar-refractivity contribution < 1.29 is 4.79 Å². The smallest absolute Gasteiger partial charge is 0.251 e. The highest BCUT2D eigenvalue weighted by Crippen LogP contribution is 2.37. The number of hydrazine groups is 1. The van der Waals surface area contributed by atoms with E-state index < -0.39 is 0 Å². The molecule has 1 heterocycles. The first-order valence-electron chi connectivity index (χ1n) is 9.32. The van der Waals surface area contributed by atoms with Crippen LogP contribution in [-0.2, 0) is 11.3 Å². The zero-order valence-corrected chi connectivity index (χ0v) is 16.4. The SMILES string of the molecule is CC(Sc1nnnn1C1CC1)C(=O)NN(Cc1ccccc1)c1ccccc1.